The molecule has 0 saturated heterocycles. The van der Waals surface area contributed by atoms with E-state index >= 15 is 0 Å². The van der Waals surface area contributed by atoms with Crippen molar-refractivity contribution in [3.05, 3.63) is 71.8 Å². The van der Waals surface area contributed by atoms with Gasteiger partial charge in [-0.2, -0.15) is 0 Å². The zero-order chi connectivity index (χ0) is 13.0. The fourth-order valence-electron chi connectivity index (χ4n) is 2.25. The minimum Gasteiger partial charge on any atom is -0.386 e. The van der Waals surface area contributed by atoms with Crippen LogP contribution in [0.15, 0.2) is 60.7 Å². The first kappa shape index (κ1) is 12.8. The molecule has 0 aromatic heterocycles. The lowest BCUT2D eigenvalue weighted by molar-refractivity contribution is 0.0754. The van der Waals surface area contributed by atoms with Crippen LogP contribution in [0.4, 0.5) is 0 Å². The molecule has 0 heterocycles. The summed E-state index contributed by atoms with van der Waals surface area (Å²) in [4.78, 5) is 2.05. The predicted octanol–water partition coefficient (Wildman–Crippen LogP) is 3.02. The first-order chi connectivity index (χ1) is 8.70. The molecule has 18 heavy (non-hydrogen) atoms. The summed E-state index contributed by atoms with van der Waals surface area (Å²) in [7, 11) is 3.98. The molecule has 0 amide bonds. The minimum atomic E-state index is -0.524. The lowest BCUT2D eigenvalue weighted by Crippen LogP contribution is -2.26. The summed E-state index contributed by atoms with van der Waals surface area (Å²) in [6.45, 7) is 0. The largest absolute Gasteiger partial charge is 0.386 e. The summed E-state index contributed by atoms with van der Waals surface area (Å²) in [6.07, 6.45) is -0.524. The van der Waals surface area contributed by atoms with E-state index in [1.807, 2.05) is 67.5 Å². The van der Waals surface area contributed by atoms with Crippen molar-refractivity contribution in [3.8, 4) is 0 Å². The summed E-state index contributed by atoms with van der Waals surface area (Å²) in [6, 6.07) is 19.9. The minimum absolute atomic E-state index is 0.0337. The number of likely N-dealkylation sites (N-methyl/N-ethyl adjacent to an activating group) is 1. The van der Waals surface area contributed by atoms with Crippen LogP contribution in [-0.4, -0.2) is 24.1 Å². The lowest BCUT2D eigenvalue weighted by atomic mass is 9.95. The highest BCUT2D eigenvalue weighted by atomic mass is 16.3. The second kappa shape index (κ2) is 5.80. The van der Waals surface area contributed by atoms with E-state index in [0.717, 1.165) is 11.1 Å². The molecule has 0 aliphatic carbocycles. The third kappa shape index (κ3) is 2.78. The average molecular weight is 241 g/mol. The van der Waals surface area contributed by atoms with E-state index in [0.29, 0.717) is 0 Å². The van der Waals surface area contributed by atoms with Crippen molar-refractivity contribution >= 4 is 0 Å². The van der Waals surface area contributed by atoms with Gasteiger partial charge in [0.1, 0.15) is 0 Å². The molecule has 0 spiro atoms. The maximum atomic E-state index is 10.6. The maximum absolute atomic E-state index is 10.6. The topological polar surface area (TPSA) is 23.5 Å². The van der Waals surface area contributed by atoms with Crippen LogP contribution >= 0.6 is 0 Å². The first-order valence-electron chi connectivity index (χ1n) is 6.14. The van der Waals surface area contributed by atoms with Gasteiger partial charge in [0, 0.05) is 0 Å². The second-order valence-electron chi connectivity index (χ2n) is 4.67. The van der Waals surface area contributed by atoms with Gasteiger partial charge in [-0.15, -0.1) is 0 Å². The lowest BCUT2D eigenvalue weighted by Gasteiger charge is -2.29. The number of hydrogen-bond acceptors (Lipinski definition) is 2. The molecule has 0 bridgehead atoms. The van der Waals surface area contributed by atoms with Crippen molar-refractivity contribution in [1.29, 1.82) is 0 Å². The summed E-state index contributed by atoms with van der Waals surface area (Å²) < 4.78 is 0. The van der Waals surface area contributed by atoms with Crippen LogP contribution in [0.25, 0.3) is 0 Å². The fourth-order valence-corrected chi connectivity index (χ4v) is 2.25. The highest BCUT2D eigenvalue weighted by Gasteiger charge is 2.24. The van der Waals surface area contributed by atoms with E-state index in [-0.39, 0.29) is 6.04 Å². The van der Waals surface area contributed by atoms with E-state index < -0.39 is 6.10 Å². The number of benzene rings is 2. The average Bonchev–Trinajstić information content (AvgIpc) is 2.40. The molecular weight excluding hydrogens is 222 g/mol. The van der Waals surface area contributed by atoms with Crippen LogP contribution in [0.3, 0.4) is 0 Å². The van der Waals surface area contributed by atoms with Crippen molar-refractivity contribution < 1.29 is 5.11 Å². The molecule has 2 atom stereocenters. The molecule has 0 aliphatic heterocycles. The van der Waals surface area contributed by atoms with E-state index in [1.165, 1.54) is 0 Å². The predicted molar refractivity (Wildman–Crippen MR) is 74.3 cm³/mol. The Labute approximate surface area is 109 Å². The Balaban J connectivity index is 2.32. The normalized spacial score (nSPS) is 14.4. The summed E-state index contributed by atoms with van der Waals surface area (Å²) in [5.74, 6) is 0. The zero-order valence-corrected chi connectivity index (χ0v) is 10.8. The molecule has 2 aromatic carbocycles. The van der Waals surface area contributed by atoms with Crippen molar-refractivity contribution in [2.45, 2.75) is 12.1 Å². The van der Waals surface area contributed by atoms with Gasteiger partial charge in [0.2, 0.25) is 0 Å². The van der Waals surface area contributed by atoms with Crippen molar-refractivity contribution in [2.75, 3.05) is 14.1 Å². The number of nitrogens with zero attached hydrogens (tertiary/aromatic N) is 1. The van der Waals surface area contributed by atoms with Gasteiger partial charge in [-0.05, 0) is 25.2 Å². The second-order valence-corrected chi connectivity index (χ2v) is 4.67. The van der Waals surface area contributed by atoms with Crippen LogP contribution < -0.4 is 0 Å². The van der Waals surface area contributed by atoms with Crippen LogP contribution in [-0.2, 0) is 0 Å². The molecule has 2 rings (SSSR count). The van der Waals surface area contributed by atoms with Gasteiger partial charge in [-0.25, -0.2) is 0 Å². The maximum Gasteiger partial charge on any atom is 0.0986 e. The smallest absolute Gasteiger partial charge is 0.0986 e. The molecular formula is C16H19NO. The van der Waals surface area contributed by atoms with Crippen molar-refractivity contribution in [2.24, 2.45) is 0 Å². The highest BCUT2D eigenvalue weighted by molar-refractivity contribution is 5.26. The molecule has 1 unspecified atom stereocenters. The molecule has 2 heteroatoms. The summed E-state index contributed by atoms with van der Waals surface area (Å²) in [5.41, 5.74) is 2.07. The Bertz CT molecular complexity index is 467. The number of hydrogen-bond donors (Lipinski definition) is 1. The third-order valence-electron chi connectivity index (χ3n) is 3.14. The summed E-state index contributed by atoms with van der Waals surface area (Å²) >= 11 is 0. The van der Waals surface area contributed by atoms with Gasteiger partial charge in [0.25, 0.3) is 0 Å². The van der Waals surface area contributed by atoms with Gasteiger partial charge in [0.05, 0.1) is 12.1 Å². The van der Waals surface area contributed by atoms with Gasteiger partial charge < -0.3 is 5.11 Å². The number of aliphatic hydroxyl groups is 1. The first-order valence-corrected chi connectivity index (χ1v) is 6.14. The Morgan fingerprint density at radius 3 is 1.67 bits per heavy atom. The van der Waals surface area contributed by atoms with Crippen LogP contribution in [0.2, 0.25) is 0 Å². The number of rotatable bonds is 4. The summed E-state index contributed by atoms with van der Waals surface area (Å²) in [5, 5.41) is 10.6. The molecule has 1 N–H and O–H groups in total. The van der Waals surface area contributed by atoms with Gasteiger partial charge in [0.15, 0.2) is 0 Å². The van der Waals surface area contributed by atoms with Gasteiger partial charge in [-0.3, -0.25) is 4.90 Å². The highest BCUT2D eigenvalue weighted by Crippen LogP contribution is 2.32. The van der Waals surface area contributed by atoms with Gasteiger partial charge in [-0.1, -0.05) is 60.7 Å². The third-order valence-corrected chi connectivity index (χ3v) is 3.14. The van der Waals surface area contributed by atoms with E-state index in [1.54, 1.807) is 0 Å². The molecule has 2 aromatic rings. The Kier molecular flexibility index (Phi) is 4.13. The van der Waals surface area contributed by atoms with E-state index in [2.05, 4.69) is 12.1 Å². The Morgan fingerprint density at radius 2 is 1.22 bits per heavy atom. The van der Waals surface area contributed by atoms with Crippen LogP contribution in [0.1, 0.15) is 23.3 Å². The molecule has 0 saturated carbocycles. The fraction of sp³-hybridized carbons (Fsp3) is 0.250. The van der Waals surface area contributed by atoms with Gasteiger partial charge >= 0.3 is 0 Å². The zero-order valence-electron chi connectivity index (χ0n) is 10.8. The quantitative estimate of drug-likeness (QED) is 0.889. The van der Waals surface area contributed by atoms with Crippen molar-refractivity contribution in [1.82, 2.24) is 4.90 Å². The van der Waals surface area contributed by atoms with Crippen LogP contribution in [0.5, 0.6) is 0 Å². The molecule has 0 fully saturated rings. The van der Waals surface area contributed by atoms with Crippen LogP contribution in [0, 0.1) is 0 Å². The molecule has 2 nitrogen and oxygen atoms in total. The van der Waals surface area contributed by atoms with E-state index in [4.69, 9.17) is 0 Å². The number of aliphatic hydroxyl groups excluding tert-OH is 1. The SMILES string of the molecule is CN(C)[C@@H](c1ccccc1)C(O)c1ccccc1. The standard InChI is InChI=1S/C16H19NO/c1-17(2)15(13-9-5-3-6-10-13)16(18)14-11-7-4-8-12-14/h3-12,15-16,18H,1-2H3/t15-,16?/m0/s1. The molecule has 94 valence electrons. The van der Waals surface area contributed by atoms with Crippen molar-refractivity contribution in [3.63, 3.8) is 0 Å². The monoisotopic (exact) mass is 241 g/mol. The Hall–Kier alpha value is -1.64. The Morgan fingerprint density at radius 1 is 0.778 bits per heavy atom. The molecule has 0 radical (unpaired) electrons. The van der Waals surface area contributed by atoms with E-state index in [9.17, 15) is 5.11 Å². The molecule has 0 aliphatic rings.